The van der Waals surface area contributed by atoms with Crippen LogP contribution < -0.4 is 0 Å². The van der Waals surface area contributed by atoms with Gasteiger partial charge in [0.15, 0.2) is 0 Å². The minimum absolute atomic E-state index is 0.505. The first-order valence-electron chi connectivity index (χ1n) is 4.14. The fraction of sp³-hybridized carbons (Fsp3) is 1.00. The van der Waals surface area contributed by atoms with Gasteiger partial charge in [0.25, 0.3) is 6.69 Å². The number of hydrogen-bond acceptors (Lipinski definition) is 0. The van der Waals surface area contributed by atoms with Crippen LogP contribution in [-0.2, 0) is 0 Å². The molecule has 11 heavy (non-hydrogen) atoms. The van der Waals surface area contributed by atoms with Gasteiger partial charge in [0.2, 0.25) is 0 Å². The largest absolute Gasteiger partial charge is 0.251 e. The van der Waals surface area contributed by atoms with Gasteiger partial charge in [0.1, 0.15) is 0 Å². The highest BCUT2D eigenvalue weighted by molar-refractivity contribution is 7.45. The van der Waals surface area contributed by atoms with Crippen LogP contribution in [0.4, 0.5) is 0 Å². The van der Waals surface area contributed by atoms with Crippen molar-refractivity contribution in [3.63, 3.8) is 0 Å². The number of hydrogen-bond donors (Lipinski definition) is 0. The molecule has 0 aliphatic heterocycles. The van der Waals surface area contributed by atoms with Crippen LogP contribution in [0.25, 0.3) is 0 Å². The van der Waals surface area contributed by atoms with Gasteiger partial charge in [-0.15, -0.1) is 22.2 Å². The van der Waals surface area contributed by atoms with Crippen molar-refractivity contribution in [2.24, 2.45) is 11.8 Å². The standard InChI is InChI=1S/C8H18Cl2Si/c1-6(2)8(7(3)4)11(5,9)10/h6-8H,1-5H3. The van der Waals surface area contributed by atoms with Crippen molar-refractivity contribution < 1.29 is 0 Å². The van der Waals surface area contributed by atoms with Gasteiger partial charge in [0.05, 0.1) is 0 Å². The lowest BCUT2D eigenvalue weighted by atomic mass is 10.00. The maximum Gasteiger partial charge on any atom is 0.251 e. The minimum Gasteiger partial charge on any atom is -0.146 e. The Morgan fingerprint density at radius 2 is 1.18 bits per heavy atom. The SMILES string of the molecule is CC(C)C(C(C)C)[Si](C)(Cl)Cl. The molecule has 0 saturated carbocycles. The van der Waals surface area contributed by atoms with Gasteiger partial charge >= 0.3 is 0 Å². The van der Waals surface area contributed by atoms with Crippen molar-refractivity contribution >= 4 is 28.9 Å². The third-order valence-corrected chi connectivity index (χ3v) is 6.04. The van der Waals surface area contributed by atoms with E-state index >= 15 is 0 Å². The van der Waals surface area contributed by atoms with Crippen molar-refractivity contribution in [2.45, 2.75) is 39.8 Å². The first kappa shape index (κ1) is 11.8. The smallest absolute Gasteiger partial charge is 0.146 e. The summed E-state index contributed by atoms with van der Waals surface area (Å²) in [5, 5.41) is 0. The van der Waals surface area contributed by atoms with Crippen LogP contribution in [0, 0.1) is 11.8 Å². The van der Waals surface area contributed by atoms with Crippen molar-refractivity contribution in [3.05, 3.63) is 0 Å². The second-order valence-corrected chi connectivity index (χ2v) is 11.8. The molecule has 0 bridgehead atoms. The van der Waals surface area contributed by atoms with E-state index in [0.717, 1.165) is 0 Å². The summed E-state index contributed by atoms with van der Waals surface area (Å²) in [6.45, 7) is 8.83. The van der Waals surface area contributed by atoms with Gasteiger partial charge in [-0.05, 0) is 23.9 Å². The Morgan fingerprint density at radius 3 is 1.18 bits per heavy atom. The lowest BCUT2D eigenvalue weighted by Gasteiger charge is -2.31. The molecule has 0 unspecified atom stereocenters. The zero-order chi connectivity index (χ0) is 9.23. The molecule has 0 aliphatic carbocycles. The summed E-state index contributed by atoms with van der Waals surface area (Å²) in [5.41, 5.74) is 0.505. The second-order valence-electron chi connectivity index (χ2n) is 3.97. The van der Waals surface area contributed by atoms with Gasteiger partial charge in [-0.25, -0.2) is 0 Å². The summed E-state index contributed by atoms with van der Waals surface area (Å²) in [6, 6.07) is 0. The average molecular weight is 213 g/mol. The third kappa shape index (κ3) is 3.82. The molecular weight excluding hydrogens is 195 g/mol. The van der Waals surface area contributed by atoms with E-state index in [1.807, 2.05) is 6.55 Å². The Morgan fingerprint density at radius 1 is 0.909 bits per heavy atom. The quantitative estimate of drug-likeness (QED) is 0.486. The zero-order valence-corrected chi connectivity index (χ0v) is 10.5. The molecule has 0 atom stereocenters. The van der Waals surface area contributed by atoms with Crippen molar-refractivity contribution in [1.29, 1.82) is 0 Å². The third-order valence-electron chi connectivity index (χ3n) is 2.02. The first-order chi connectivity index (χ1) is 4.76. The summed E-state index contributed by atoms with van der Waals surface area (Å²) in [6.07, 6.45) is 0. The molecule has 0 N–H and O–H groups in total. The maximum atomic E-state index is 6.19. The van der Waals surface area contributed by atoms with E-state index in [2.05, 4.69) is 27.7 Å². The van der Waals surface area contributed by atoms with Crippen LogP contribution in [0.3, 0.4) is 0 Å². The fourth-order valence-corrected chi connectivity index (χ4v) is 7.31. The van der Waals surface area contributed by atoms with Crippen LogP contribution >= 0.6 is 22.2 Å². The Bertz CT molecular complexity index is 108. The second kappa shape index (κ2) is 4.15. The maximum absolute atomic E-state index is 6.19. The summed E-state index contributed by atoms with van der Waals surface area (Å²) in [5.74, 6) is 1.20. The van der Waals surface area contributed by atoms with E-state index in [0.29, 0.717) is 17.4 Å². The van der Waals surface area contributed by atoms with Crippen molar-refractivity contribution in [1.82, 2.24) is 0 Å². The first-order valence-corrected chi connectivity index (χ1v) is 8.74. The highest BCUT2D eigenvalue weighted by atomic mass is 35.7. The predicted molar refractivity (Wildman–Crippen MR) is 56.8 cm³/mol. The number of rotatable bonds is 3. The molecule has 0 fully saturated rings. The fourth-order valence-electron chi connectivity index (χ4n) is 1.94. The van der Waals surface area contributed by atoms with E-state index in [1.165, 1.54) is 0 Å². The molecule has 0 radical (unpaired) electrons. The molecule has 0 nitrogen and oxygen atoms in total. The van der Waals surface area contributed by atoms with Crippen LogP contribution in [0.5, 0.6) is 0 Å². The lowest BCUT2D eigenvalue weighted by Crippen LogP contribution is -2.30. The lowest BCUT2D eigenvalue weighted by molar-refractivity contribution is 0.461. The monoisotopic (exact) mass is 212 g/mol. The molecule has 0 amide bonds. The van der Waals surface area contributed by atoms with Crippen LogP contribution in [0.2, 0.25) is 12.1 Å². The van der Waals surface area contributed by atoms with Crippen LogP contribution in [0.1, 0.15) is 27.7 Å². The van der Waals surface area contributed by atoms with Gasteiger partial charge < -0.3 is 0 Å². The summed E-state index contributed by atoms with van der Waals surface area (Å²) in [4.78, 5) is 0. The molecule has 3 heteroatoms. The molecule has 68 valence electrons. The molecule has 0 heterocycles. The molecule has 0 aliphatic rings. The van der Waals surface area contributed by atoms with Gasteiger partial charge in [-0.2, -0.15) is 0 Å². The molecular formula is C8H18Cl2Si. The molecule has 0 aromatic heterocycles. The van der Waals surface area contributed by atoms with E-state index in [1.54, 1.807) is 0 Å². The van der Waals surface area contributed by atoms with Gasteiger partial charge in [0, 0.05) is 0 Å². The summed E-state index contributed by atoms with van der Waals surface area (Å²) >= 11 is 12.4. The summed E-state index contributed by atoms with van der Waals surface area (Å²) < 4.78 is 0. The average Bonchev–Trinajstić information content (AvgIpc) is 1.54. The Hall–Kier alpha value is 0.797. The molecule has 0 saturated heterocycles. The molecule has 0 aromatic carbocycles. The van der Waals surface area contributed by atoms with Crippen molar-refractivity contribution in [2.75, 3.05) is 0 Å². The van der Waals surface area contributed by atoms with E-state index < -0.39 is 6.69 Å². The van der Waals surface area contributed by atoms with E-state index in [-0.39, 0.29) is 0 Å². The van der Waals surface area contributed by atoms with Gasteiger partial charge in [-0.1, -0.05) is 27.7 Å². The van der Waals surface area contributed by atoms with Crippen molar-refractivity contribution in [3.8, 4) is 0 Å². The van der Waals surface area contributed by atoms with E-state index in [4.69, 9.17) is 22.2 Å². The van der Waals surface area contributed by atoms with Gasteiger partial charge in [-0.3, -0.25) is 0 Å². The normalized spacial score (nSPS) is 13.6. The predicted octanol–water partition coefficient (Wildman–Crippen LogP) is 4.22. The molecule has 0 rings (SSSR count). The topological polar surface area (TPSA) is 0 Å². The van der Waals surface area contributed by atoms with Crippen LogP contribution in [-0.4, -0.2) is 6.69 Å². The molecule has 0 spiro atoms. The minimum atomic E-state index is -1.97. The highest BCUT2D eigenvalue weighted by Gasteiger charge is 2.37. The Balaban J connectivity index is 4.35. The molecule has 0 aromatic rings. The van der Waals surface area contributed by atoms with Crippen LogP contribution in [0.15, 0.2) is 0 Å². The summed E-state index contributed by atoms with van der Waals surface area (Å²) in [7, 11) is 0. The highest BCUT2D eigenvalue weighted by Crippen LogP contribution is 2.41. The Kier molecular flexibility index (Phi) is 4.45. The Labute approximate surface area is 80.7 Å². The van der Waals surface area contributed by atoms with E-state index in [9.17, 15) is 0 Å². The zero-order valence-electron chi connectivity index (χ0n) is 7.99. The number of halogens is 2.